The lowest BCUT2D eigenvalue weighted by Crippen LogP contribution is -2.07. The Morgan fingerprint density at radius 2 is 1.88 bits per heavy atom. The van der Waals surface area contributed by atoms with Crippen LogP contribution in [0.4, 0.5) is 4.39 Å². The molecule has 0 saturated heterocycles. The lowest BCUT2D eigenvalue weighted by atomic mass is 10.1. The van der Waals surface area contributed by atoms with E-state index < -0.39 is 0 Å². The van der Waals surface area contributed by atoms with Crippen LogP contribution in [0.15, 0.2) is 55.4 Å². The first-order valence-electron chi connectivity index (χ1n) is 8.57. The van der Waals surface area contributed by atoms with E-state index >= 15 is 0 Å². The lowest BCUT2D eigenvalue weighted by Gasteiger charge is -2.11. The lowest BCUT2D eigenvalue weighted by molar-refractivity contribution is 0.628. The maximum atomic E-state index is 13.3. The van der Waals surface area contributed by atoms with Crippen LogP contribution in [0.5, 0.6) is 0 Å². The topological polar surface area (TPSA) is 64.3 Å². The minimum atomic E-state index is -0.261. The van der Waals surface area contributed by atoms with Gasteiger partial charge in [-0.25, -0.2) is 19.3 Å². The molecule has 0 atom stereocenters. The number of aryl methyl sites for hydroxylation is 3. The second-order valence-electron chi connectivity index (χ2n) is 5.96. The number of aromatic nitrogens is 6. The highest BCUT2D eigenvalue weighted by atomic mass is 19.1. The summed E-state index contributed by atoms with van der Waals surface area (Å²) in [5.74, 6) is 1.51. The van der Waals surface area contributed by atoms with Gasteiger partial charge in [0.2, 0.25) is 0 Å². The average molecular weight is 350 g/mol. The van der Waals surface area contributed by atoms with E-state index in [0.717, 1.165) is 41.6 Å². The van der Waals surface area contributed by atoms with E-state index in [9.17, 15) is 4.39 Å². The van der Waals surface area contributed by atoms with Crippen LogP contribution in [-0.2, 0) is 19.5 Å². The Balaban J connectivity index is 1.77. The van der Waals surface area contributed by atoms with Gasteiger partial charge in [-0.15, -0.1) is 0 Å². The van der Waals surface area contributed by atoms with Gasteiger partial charge in [-0.1, -0.05) is 0 Å². The van der Waals surface area contributed by atoms with Crippen LogP contribution >= 0.6 is 0 Å². The Labute approximate surface area is 150 Å². The highest BCUT2D eigenvalue weighted by Gasteiger charge is 2.19. The van der Waals surface area contributed by atoms with E-state index in [2.05, 4.69) is 36.0 Å². The van der Waals surface area contributed by atoms with Gasteiger partial charge in [-0.05, 0) is 31.2 Å². The van der Waals surface area contributed by atoms with Crippen LogP contribution < -0.4 is 0 Å². The summed E-state index contributed by atoms with van der Waals surface area (Å²) in [6.45, 7) is 3.60. The molecule has 0 aliphatic heterocycles. The highest BCUT2D eigenvalue weighted by molar-refractivity contribution is 5.75. The largest absolute Gasteiger partial charge is 0.349 e. The predicted octanol–water partition coefficient (Wildman–Crippen LogP) is 3.54. The van der Waals surface area contributed by atoms with Crippen molar-refractivity contribution in [2.45, 2.75) is 26.4 Å². The van der Waals surface area contributed by atoms with Crippen molar-refractivity contribution in [3.05, 3.63) is 67.0 Å². The summed E-state index contributed by atoms with van der Waals surface area (Å²) < 4.78 is 17.5. The van der Waals surface area contributed by atoms with Crippen molar-refractivity contribution < 1.29 is 4.39 Å². The summed E-state index contributed by atoms with van der Waals surface area (Å²) in [4.78, 5) is 16.5. The zero-order valence-electron chi connectivity index (χ0n) is 14.4. The minimum Gasteiger partial charge on any atom is -0.349 e. The first kappa shape index (κ1) is 16.3. The molecule has 1 N–H and O–H groups in total. The molecule has 3 heterocycles. The summed E-state index contributed by atoms with van der Waals surface area (Å²) in [6, 6.07) is 6.40. The zero-order valence-corrected chi connectivity index (χ0v) is 14.4. The van der Waals surface area contributed by atoms with Gasteiger partial charge in [0, 0.05) is 49.9 Å². The molecule has 0 amide bonds. The monoisotopic (exact) mass is 350 g/mol. The first-order chi connectivity index (χ1) is 12.8. The molecule has 0 saturated carbocycles. The van der Waals surface area contributed by atoms with Crippen LogP contribution in [0, 0.1) is 5.82 Å². The van der Waals surface area contributed by atoms with Crippen molar-refractivity contribution in [2.75, 3.05) is 0 Å². The molecule has 6 nitrogen and oxygen atoms in total. The van der Waals surface area contributed by atoms with Gasteiger partial charge in [-0.3, -0.25) is 0 Å². The third-order valence-corrected chi connectivity index (χ3v) is 4.37. The van der Waals surface area contributed by atoms with Crippen molar-refractivity contribution in [3.63, 3.8) is 0 Å². The second-order valence-corrected chi connectivity index (χ2v) is 5.96. The molecule has 3 aromatic heterocycles. The number of hydrogen-bond acceptors (Lipinski definition) is 3. The summed E-state index contributed by atoms with van der Waals surface area (Å²) in [7, 11) is 0. The third-order valence-electron chi connectivity index (χ3n) is 4.37. The Morgan fingerprint density at radius 1 is 1.04 bits per heavy atom. The molecule has 4 aromatic rings. The number of nitrogens with zero attached hydrogens (tertiary/aromatic N) is 5. The van der Waals surface area contributed by atoms with Crippen molar-refractivity contribution >= 4 is 0 Å². The molecule has 0 aliphatic rings. The van der Waals surface area contributed by atoms with Crippen LogP contribution in [0.2, 0.25) is 0 Å². The Bertz CT molecular complexity index is 982. The van der Waals surface area contributed by atoms with E-state index in [1.54, 1.807) is 24.5 Å². The molecule has 1 aromatic carbocycles. The number of hydrogen-bond donors (Lipinski definition) is 1. The summed E-state index contributed by atoms with van der Waals surface area (Å²) in [6.07, 6.45) is 9.87. The van der Waals surface area contributed by atoms with E-state index in [-0.39, 0.29) is 5.82 Å². The van der Waals surface area contributed by atoms with Crippen LogP contribution in [0.1, 0.15) is 12.7 Å². The molecule has 26 heavy (non-hydrogen) atoms. The number of benzene rings is 1. The fourth-order valence-electron chi connectivity index (χ4n) is 3.05. The first-order valence-corrected chi connectivity index (χ1v) is 8.57. The standard InChI is InChI=1S/C19H19FN6/c1-2-25-12-10-23-19(25)18-17(14-3-5-15(20)6-4-14)24-13-26(18)11-7-16-21-8-9-22-16/h3-6,8-10,12-13H,2,7,11H2,1H3,(H,21,22). The van der Waals surface area contributed by atoms with Crippen LogP contribution in [0.3, 0.4) is 0 Å². The van der Waals surface area contributed by atoms with Crippen molar-refractivity contribution in [1.29, 1.82) is 0 Å². The fourth-order valence-corrected chi connectivity index (χ4v) is 3.05. The number of aromatic amines is 1. The maximum Gasteiger partial charge on any atom is 0.158 e. The molecule has 0 unspecified atom stereocenters. The normalized spacial score (nSPS) is 11.2. The molecule has 0 fully saturated rings. The quantitative estimate of drug-likeness (QED) is 0.578. The van der Waals surface area contributed by atoms with E-state index in [0.29, 0.717) is 6.54 Å². The van der Waals surface area contributed by atoms with Crippen molar-refractivity contribution in [2.24, 2.45) is 0 Å². The maximum absolute atomic E-state index is 13.3. The zero-order chi connectivity index (χ0) is 17.9. The highest BCUT2D eigenvalue weighted by Crippen LogP contribution is 2.30. The van der Waals surface area contributed by atoms with Gasteiger partial charge >= 0.3 is 0 Å². The molecular weight excluding hydrogens is 331 g/mol. The van der Waals surface area contributed by atoms with Crippen LogP contribution in [0.25, 0.3) is 22.8 Å². The number of rotatable bonds is 6. The summed E-state index contributed by atoms with van der Waals surface area (Å²) in [5, 5.41) is 0. The number of H-pyrrole nitrogens is 1. The van der Waals surface area contributed by atoms with Gasteiger partial charge in [0.25, 0.3) is 0 Å². The van der Waals surface area contributed by atoms with E-state index in [1.807, 2.05) is 18.7 Å². The minimum absolute atomic E-state index is 0.261. The Morgan fingerprint density at radius 3 is 2.62 bits per heavy atom. The molecule has 0 radical (unpaired) electrons. The van der Waals surface area contributed by atoms with E-state index in [1.165, 1.54) is 12.1 Å². The number of imidazole rings is 3. The Kier molecular flexibility index (Phi) is 4.35. The number of nitrogens with one attached hydrogen (secondary N) is 1. The fraction of sp³-hybridized carbons (Fsp3) is 0.211. The van der Waals surface area contributed by atoms with Crippen LogP contribution in [-0.4, -0.2) is 29.1 Å². The Hall–Kier alpha value is -3.22. The average Bonchev–Trinajstić information content (AvgIpc) is 3.40. The molecule has 132 valence electrons. The molecule has 7 heteroatoms. The van der Waals surface area contributed by atoms with Gasteiger partial charge in [0.05, 0.1) is 12.0 Å². The van der Waals surface area contributed by atoms with Gasteiger partial charge in [-0.2, -0.15) is 0 Å². The number of halogens is 1. The predicted molar refractivity (Wildman–Crippen MR) is 96.8 cm³/mol. The van der Waals surface area contributed by atoms with Crippen molar-refractivity contribution in [1.82, 2.24) is 29.1 Å². The summed E-state index contributed by atoms with van der Waals surface area (Å²) in [5.41, 5.74) is 2.59. The van der Waals surface area contributed by atoms with Gasteiger partial charge in [0.15, 0.2) is 5.82 Å². The second kappa shape index (κ2) is 6.95. The van der Waals surface area contributed by atoms with Gasteiger partial charge < -0.3 is 14.1 Å². The van der Waals surface area contributed by atoms with Gasteiger partial charge in [0.1, 0.15) is 17.3 Å². The SMILES string of the molecule is CCn1ccnc1-c1c(-c2ccc(F)cc2)ncn1CCc1ncc[nH]1. The van der Waals surface area contributed by atoms with Crippen molar-refractivity contribution in [3.8, 4) is 22.8 Å². The molecular formula is C19H19FN6. The molecule has 0 spiro atoms. The summed E-state index contributed by atoms with van der Waals surface area (Å²) >= 11 is 0. The third kappa shape index (κ3) is 3.03. The molecule has 4 rings (SSSR count). The molecule has 0 bridgehead atoms. The molecule has 0 aliphatic carbocycles. The smallest absolute Gasteiger partial charge is 0.158 e. The van der Waals surface area contributed by atoms with E-state index in [4.69, 9.17) is 0 Å².